The van der Waals surface area contributed by atoms with E-state index in [2.05, 4.69) is 31.1 Å². The smallest absolute Gasteiger partial charge is 0.291 e. The van der Waals surface area contributed by atoms with Crippen molar-refractivity contribution in [2.24, 2.45) is 0 Å². The van der Waals surface area contributed by atoms with Gasteiger partial charge in [0.25, 0.3) is 11.9 Å². The van der Waals surface area contributed by atoms with E-state index >= 15 is 0 Å². The van der Waals surface area contributed by atoms with Crippen molar-refractivity contribution in [3.63, 3.8) is 0 Å². The van der Waals surface area contributed by atoms with E-state index in [0.29, 0.717) is 33.7 Å². The van der Waals surface area contributed by atoms with E-state index in [0.717, 1.165) is 24.2 Å². The molecule has 0 fully saturated rings. The zero-order chi connectivity index (χ0) is 25.3. The van der Waals surface area contributed by atoms with Crippen LogP contribution in [0.4, 0.5) is 11.4 Å². The van der Waals surface area contributed by atoms with Crippen LogP contribution in [0.3, 0.4) is 0 Å². The van der Waals surface area contributed by atoms with Gasteiger partial charge in [0.2, 0.25) is 0 Å². The van der Waals surface area contributed by atoms with E-state index in [1.54, 1.807) is 18.2 Å². The molecule has 0 radical (unpaired) electrons. The summed E-state index contributed by atoms with van der Waals surface area (Å²) in [5.41, 5.74) is 2.56. The lowest BCUT2D eigenvalue weighted by molar-refractivity contribution is 0.0991. The topological polar surface area (TPSA) is 82.4 Å². The van der Waals surface area contributed by atoms with Gasteiger partial charge >= 0.3 is 0 Å². The number of halogens is 1. The lowest BCUT2D eigenvalue weighted by atomic mass is 9.78. The van der Waals surface area contributed by atoms with E-state index in [1.807, 2.05) is 12.1 Å². The summed E-state index contributed by atoms with van der Waals surface area (Å²) in [5.74, 6) is 1.45. The van der Waals surface area contributed by atoms with Crippen LogP contribution in [0.25, 0.3) is 0 Å². The van der Waals surface area contributed by atoms with E-state index in [-0.39, 0.29) is 17.1 Å². The Kier molecular flexibility index (Phi) is 6.76. The summed E-state index contributed by atoms with van der Waals surface area (Å²) in [6.45, 7) is 5.36. The van der Waals surface area contributed by atoms with Gasteiger partial charge in [0.05, 0.1) is 26.4 Å². The molecule has 0 saturated carbocycles. The fourth-order valence-electron chi connectivity index (χ4n) is 4.09. The third-order valence-corrected chi connectivity index (χ3v) is 6.53. The van der Waals surface area contributed by atoms with Gasteiger partial charge < -0.3 is 33.6 Å². The van der Waals surface area contributed by atoms with E-state index in [1.165, 1.54) is 27.4 Å². The van der Waals surface area contributed by atoms with Crippen LogP contribution in [0.15, 0.2) is 40.8 Å². The Bertz CT molecular complexity index is 1230. The number of nitrogens with zero attached hydrogens (tertiary/aromatic N) is 1. The van der Waals surface area contributed by atoms with E-state index in [9.17, 15) is 4.79 Å². The fraction of sp³-hybridized carbons (Fsp3) is 0.346. The summed E-state index contributed by atoms with van der Waals surface area (Å²) in [6.07, 6.45) is 1.01. The zero-order valence-electron chi connectivity index (χ0n) is 20.7. The van der Waals surface area contributed by atoms with Gasteiger partial charge in [-0.3, -0.25) is 4.79 Å². The van der Waals surface area contributed by atoms with Crippen LogP contribution in [0, 0.1) is 0 Å². The fourth-order valence-corrected chi connectivity index (χ4v) is 4.29. The Morgan fingerprint density at radius 3 is 2.34 bits per heavy atom. The van der Waals surface area contributed by atoms with Crippen molar-refractivity contribution in [3.8, 4) is 28.9 Å². The molecule has 8 nitrogen and oxygen atoms in total. The number of carbonyl (C=O) groups excluding carboxylic acids is 1. The first-order valence-electron chi connectivity index (χ1n) is 11.1. The molecule has 1 aliphatic heterocycles. The molecule has 0 bridgehead atoms. The second kappa shape index (κ2) is 9.62. The van der Waals surface area contributed by atoms with Gasteiger partial charge in [-0.05, 0) is 35.6 Å². The van der Waals surface area contributed by atoms with Crippen LogP contribution in [-0.2, 0) is 5.41 Å². The van der Waals surface area contributed by atoms with Gasteiger partial charge in [-0.2, -0.15) is 0 Å². The van der Waals surface area contributed by atoms with Crippen LogP contribution in [0.1, 0.15) is 36.4 Å². The number of nitrogens with one attached hydrogen (secondary N) is 1. The summed E-state index contributed by atoms with van der Waals surface area (Å²) in [5, 5.41) is 3.23. The van der Waals surface area contributed by atoms with E-state index < -0.39 is 5.91 Å². The van der Waals surface area contributed by atoms with Crippen molar-refractivity contribution in [2.75, 3.05) is 45.1 Å². The van der Waals surface area contributed by atoms with Crippen LogP contribution in [0.5, 0.6) is 28.9 Å². The predicted molar refractivity (Wildman–Crippen MR) is 135 cm³/mol. The molecule has 2 aromatic carbocycles. The molecule has 35 heavy (non-hydrogen) atoms. The van der Waals surface area contributed by atoms with Crippen molar-refractivity contribution >= 4 is 28.9 Å². The number of hydrogen-bond acceptors (Lipinski definition) is 7. The lowest BCUT2D eigenvalue weighted by Crippen LogP contribution is -2.34. The number of fused-ring (bicyclic) bond motifs is 1. The highest BCUT2D eigenvalue weighted by Crippen LogP contribution is 2.45. The monoisotopic (exact) mass is 500 g/mol. The molecular weight excluding hydrogens is 472 g/mol. The molecule has 0 unspecified atom stereocenters. The normalized spacial score (nSPS) is 14.2. The summed E-state index contributed by atoms with van der Waals surface area (Å²) in [7, 11) is 6.56. The minimum atomic E-state index is -0.499. The van der Waals surface area contributed by atoms with Gasteiger partial charge in [-0.1, -0.05) is 25.4 Å². The van der Waals surface area contributed by atoms with Crippen molar-refractivity contribution in [3.05, 3.63) is 52.7 Å². The lowest BCUT2D eigenvalue weighted by Gasteiger charge is -2.38. The molecule has 0 spiro atoms. The molecule has 2 heterocycles. The van der Waals surface area contributed by atoms with Crippen LogP contribution < -0.4 is 29.2 Å². The molecule has 1 aromatic heterocycles. The second-order valence-electron chi connectivity index (χ2n) is 8.94. The number of furan rings is 1. The Balaban J connectivity index is 1.57. The van der Waals surface area contributed by atoms with Gasteiger partial charge in [-0.15, -0.1) is 0 Å². The largest absolute Gasteiger partial charge is 0.496 e. The molecule has 4 rings (SSSR count). The third-order valence-electron chi connectivity index (χ3n) is 6.23. The Morgan fingerprint density at radius 1 is 1.03 bits per heavy atom. The van der Waals surface area contributed by atoms with Crippen molar-refractivity contribution in [1.29, 1.82) is 0 Å². The number of benzene rings is 2. The van der Waals surface area contributed by atoms with E-state index in [4.69, 9.17) is 35.0 Å². The first-order chi connectivity index (χ1) is 16.7. The number of rotatable bonds is 7. The highest BCUT2D eigenvalue weighted by molar-refractivity contribution is 6.32. The molecule has 9 heteroatoms. The molecule has 1 N–H and O–H groups in total. The first kappa shape index (κ1) is 24.6. The molecule has 3 aromatic rings. The Morgan fingerprint density at radius 2 is 1.71 bits per heavy atom. The zero-order valence-corrected chi connectivity index (χ0v) is 21.4. The number of ether oxygens (including phenoxy) is 4. The molecule has 0 aliphatic carbocycles. The number of carbonyl (C=O) groups is 1. The highest BCUT2D eigenvalue weighted by Gasteiger charge is 2.31. The SMILES string of the molecule is COc1cc(OC)c(NC(=O)c2ccc(Oc3cc4c(cc3Cl)N(C)CCC4(C)C)o2)c(OC)c1. The average molecular weight is 501 g/mol. The average Bonchev–Trinajstić information content (AvgIpc) is 3.31. The number of amides is 1. The predicted octanol–water partition coefficient (Wildman–Crippen LogP) is 6.12. The minimum absolute atomic E-state index is 0.0186. The third kappa shape index (κ3) is 4.84. The molecule has 186 valence electrons. The molecular formula is C26H29ClN2O6. The molecule has 1 amide bonds. The van der Waals surface area contributed by atoms with Gasteiger partial charge in [0.15, 0.2) is 5.76 Å². The summed E-state index contributed by atoms with van der Waals surface area (Å²) in [4.78, 5) is 15.1. The number of methoxy groups -OCH3 is 3. The minimum Gasteiger partial charge on any atom is -0.496 e. The summed E-state index contributed by atoms with van der Waals surface area (Å²) in [6, 6.07) is 10.2. The Hall–Kier alpha value is -3.52. The molecule has 0 saturated heterocycles. The Labute approximate surface area is 209 Å². The van der Waals surface area contributed by atoms with Crippen LogP contribution >= 0.6 is 11.6 Å². The van der Waals surface area contributed by atoms with Crippen LogP contribution in [-0.4, -0.2) is 40.8 Å². The quantitative estimate of drug-likeness (QED) is 0.418. The van der Waals surface area contributed by atoms with Gasteiger partial charge in [-0.25, -0.2) is 0 Å². The number of hydrogen-bond donors (Lipinski definition) is 1. The van der Waals surface area contributed by atoms with Gasteiger partial charge in [0.1, 0.15) is 28.7 Å². The van der Waals surface area contributed by atoms with Crippen molar-refractivity contribution < 1.29 is 28.2 Å². The highest BCUT2D eigenvalue weighted by atomic mass is 35.5. The van der Waals surface area contributed by atoms with Crippen molar-refractivity contribution in [1.82, 2.24) is 0 Å². The summed E-state index contributed by atoms with van der Waals surface area (Å²) >= 11 is 6.53. The second-order valence-corrected chi connectivity index (χ2v) is 9.34. The summed E-state index contributed by atoms with van der Waals surface area (Å²) < 4.78 is 27.6. The first-order valence-corrected chi connectivity index (χ1v) is 11.5. The number of anilines is 2. The molecule has 0 atom stereocenters. The standard InChI is InChI=1S/C26H29ClN2O6/c1-26(2)9-10-29(3)18-14-17(27)20(13-16(18)26)35-23-8-7-19(34-23)25(30)28-24-21(32-5)11-15(31-4)12-22(24)33-6/h7-8,11-14H,9-10H2,1-6H3,(H,28,30). The maximum Gasteiger partial charge on any atom is 0.291 e. The maximum absolute atomic E-state index is 12.9. The van der Waals surface area contributed by atoms with Crippen LogP contribution in [0.2, 0.25) is 5.02 Å². The maximum atomic E-state index is 12.9. The van der Waals surface area contributed by atoms with Gasteiger partial charge in [0, 0.05) is 37.5 Å². The molecule has 1 aliphatic rings. The van der Waals surface area contributed by atoms with Crippen molar-refractivity contribution in [2.45, 2.75) is 25.7 Å².